The largest absolute Gasteiger partial charge is 0.496 e. The number of hydrogen-bond acceptors (Lipinski definition) is 6. The Hall–Kier alpha value is -4.18. The first-order valence-electron chi connectivity index (χ1n) is 13.9. The number of anilines is 1. The molecule has 4 rings (SSSR count). The molecule has 0 aliphatic carbocycles. The number of likely N-dealkylation sites (N-methyl/N-ethyl adjacent to an activating group) is 1. The quantitative estimate of drug-likeness (QED) is 0.384. The van der Waals surface area contributed by atoms with Crippen LogP contribution in [-0.2, 0) is 27.3 Å². The smallest absolute Gasteiger partial charge is 0.410 e. The minimum atomic E-state index is -0.854. The Labute approximate surface area is 251 Å². The molecule has 0 spiro atoms. The third-order valence-corrected chi connectivity index (χ3v) is 7.65. The standard InChI is InChI=1S/C32H38N4O5S/c1-19(35(5)31(39)41-32(2,3)4)29(37)34-25-15-12-20-9-7-8-10-26(20)36(30(25)38)18-24-23-14-11-22(28(33)42)17-21(23)13-16-27(24)40-6/h7-11,13-14,16-17,19,25H,12,15,18H2,1-6H3,(H2,33,42)(H,34,37)/t19-,25-/m0/s1. The van der Waals surface area contributed by atoms with E-state index in [0.717, 1.165) is 33.2 Å². The van der Waals surface area contributed by atoms with Gasteiger partial charge in [-0.05, 0) is 75.1 Å². The maximum absolute atomic E-state index is 14.2. The molecule has 42 heavy (non-hydrogen) atoms. The molecule has 2 atom stereocenters. The normalized spacial score (nSPS) is 15.8. The van der Waals surface area contributed by atoms with Crippen LogP contribution in [0.3, 0.4) is 0 Å². The number of amides is 3. The number of methoxy groups -OCH3 is 1. The van der Waals surface area contributed by atoms with E-state index in [2.05, 4.69) is 5.32 Å². The summed E-state index contributed by atoms with van der Waals surface area (Å²) in [5.41, 5.74) is 8.50. The van der Waals surface area contributed by atoms with E-state index < -0.39 is 29.7 Å². The summed E-state index contributed by atoms with van der Waals surface area (Å²) in [7, 11) is 3.10. The van der Waals surface area contributed by atoms with Crippen molar-refractivity contribution in [3.05, 3.63) is 71.3 Å². The second-order valence-electron chi connectivity index (χ2n) is 11.5. The van der Waals surface area contributed by atoms with Crippen molar-refractivity contribution < 1.29 is 23.9 Å². The summed E-state index contributed by atoms with van der Waals surface area (Å²) >= 11 is 5.17. The van der Waals surface area contributed by atoms with Crippen molar-refractivity contribution >= 4 is 51.6 Å². The highest BCUT2D eigenvalue weighted by Gasteiger charge is 2.35. The Balaban J connectivity index is 1.66. The molecule has 0 saturated heterocycles. The topological polar surface area (TPSA) is 114 Å². The number of nitrogens with one attached hydrogen (secondary N) is 1. The fourth-order valence-corrected chi connectivity index (χ4v) is 5.14. The van der Waals surface area contributed by atoms with Crippen molar-refractivity contribution in [2.45, 2.75) is 64.8 Å². The lowest BCUT2D eigenvalue weighted by Crippen LogP contribution is -2.54. The van der Waals surface area contributed by atoms with Crippen molar-refractivity contribution in [2.24, 2.45) is 5.73 Å². The first-order valence-corrected chi connectivity index (χ1v) is 14.3. The molecule has 0 aromatic heterocycles. The Kier molecular flexibility index (Phi) is 9.06. The monoisotopic (exact) mass is 590 g/mol. The van der Waals surface area contributed by atoms with Gasteiger partial charge < -0.3 is 25.4 Å². The molecule has 10 heteroatoms. The van der Waals surface area contributed by atoms with Crippen LogP contribution < -0.4 is 20.7 Å². The van der Waals surface area contributed by atoms with Crippen LogP contribution in [0.1, 0.15) is 50.8 Å². The average Bonchev–Trinajstić information content (AvgIpc) is 3.07. The molecule has 3 aromatic carbocycles. The van der Waals surface area contributed by atoms with Crippen LogP contribution in [0, 0.1) is 0 Å². The highest BCUT2D eigenvalue weighted by molar-refractivity contribution is 7.80. The lowest BCUT2D eigenvalue weighted by Gasteiger charge is -2.30. The van der Waals surface area contributed by atoms with Gasteiger partial charge in [0, 0.05) is 23.9 Å². The first kappa shape index (κ1) is 30.8. The Morgan fingerprint density at radius 3 is 2.55 bits per heavy atom. The number of nitrogens with two attached hydrogens (primary N) is 1. The van der Waals surface area contributed by atoms with Gasteiger partial charge in [0.2, 0.25) is 11.8 Å². The molecular weight excluding hydrogens is 552 g/mol. The lowest BCUT2D eigenvalue weighted by molar-refractivity contribution is -0.130. The Morgan fingerprint density at radius 2 is 1.88 bits per heavy atom. The molecule has 1 aliphatic heterocycles. The zero-order valence-corrected chi connectivity index (χ0v) is 25.7. The third kappa shape index (κ3) is 6.65. The van der Waals surface area contributed by atoms with Crippen molar-refractivity contribution in [1.29, 1.82) is 0 Å². The van der Waals surface area contributed by atoms with Crippen LogP contribution in [0.5, 0.6) is 5.75 Å². The van der Waals surface area contributed by atoms with Crippen molar-refractivity contribution in [3.63, 3.8) is 0 Å². The van der Waals surface area contributed by atoms with Gasteiger partial charge in [-0.25, -0.2) is 4.79 Å². The average molecular weight is 591 g/mol. The Morgan fingerprint density at radius 1 is 1.17 bits per heavy atom. The van der Waals surface area contributed by atoms with E-state index in [0.29, 0.717) is 23.6 Å². The van der Waals surface area contributed by atoms with Gasteiger partial charge in [-0.15, -0.1) is 0 Å². The van der Waals surface area contributed by atoms with Gasteiger partial charge in [-0.2, -0.15) is 0 Å². The molecule has 1 heterocycles. The van der Waals surface area contributed by atoms with E-state index in [9.17, 15) is 14.4 Å². The van der Waals surface area contributed by atoms with Gasteiger partial charge in [-0.3, -0.25) is 14.5 Å². The molecule has 0 saturated carbocycles. The molecule has 0 radical (unpaired) electrons. The third-order valence-electron chi connectivity index (χ3n) is 7.42. The predicted octanol–water partition coefficient (Wildman–Crippen LogP) is 4.70. The highest BCUT2D eigenvalue weighted by Crippen LogP contribution is 2.34. The summed E-state index contributed by atoms with van der Waals surface area (Å²) in [5.74, 6) is -0.0619. The predicted molar refractivity (Wildman–Crippen MR) is 168 cm³/mol. The highest BCUT2D eigenvalue weighted by atomic mass is 32.1. The van der Waals surface area contributed by atoms with Crippen LogP contribution in [0.4, 0.5) is 10.5 Å². The molecule has 9 nitrogen and oxygen atoms in total. The van der Waals surface area contributed by atoms with E-state index in [-0.39, 0.29) is 12.5 Å². The molecule has 3 amide bonds. The molecular formula is C32H38N4O5S. The number of hydrogen-bond donors (Lipinski definition) is 2. The number of ether oxygens (including phenoxy) is 2. The van der Waals surface area contributed by atoms with Crippen molar-refractivity contribution in [1.82, 2.24) is 10.2 Å². The van der Waals surface area contributed by atoms with Gasteiger partial charge in [0.15, 0.2) is 0 Å². The van der Waals surface area contributed by atoms with E-state index >= 15 is 0 Å². The zero-order valence-electron chi connectivity index (χ0n) is 24.9. The minimum Gasteiger partial charge on any atom is -0.496 e. The zero-order chi connectivity index (χ0) is 30.8. The minimum absolute atomic E-state index is 0.211. The number of aryl methyl sites for hydroxylation is 1. The van der Waals surface area contributed by atoms with E-state index in [1.807, 2.05) is 54.6 Å². The van der Waals surface area contributed by atoms with Crippen molar-refractivity contribution in [2.75, 3.05) is 19.1 Å². The number of carbonyl (C=O) groups excluding carboxylic acids is 3. The Bertz CT molecular complexity index is 1530. The molecule has 0 fully saturated rings. The molecule has 1 aliphatic rings. The van der Waals surface area contributed by atoms with Gasteiger partial charge in [0.25, 0.3) is 0 Å². The summed E-state index contributed by atoms with van der Waals surface area (Å²) in [4.78, 5) is 43.3. The molecule has 222 valence electrons. The van der Waals surface area contributed by atoms with Gasteiger partial charge in [-0.1, -0.05) is 48.6 Å². The second kappa shape index (κ2) is 12.4. The number of para-hydroxylation sites is 1. The number of thiocarbonyl (C=S) groups is 1. The van der Waals surface area contributed by atoms with Crippen LogP contribution in [0.15, 0.2) is 54.6 Å². The number of fused-ring (bicyclic) bond motifs is 2. The maximum atomic E-state index is 14.2. The summed E-state index contributed by atoms with van der Waals surface area (Å²) in [6.07, 6.45) is 0.377. The van der Waals surface area contributed by atoms with E-state index in [1.54, 1.807) is 39.7 Å². The number of carbonyl (C=O) groups is 3. The lowest BCUT2D eigenvalue weighted by atomic mass is 10.00. The van der Waals surface area contributed by atoms with Crippen LogP contribution in [-0.4, -0.2) is 59.6 Å². The molecule has 0 unspecified atom stereocenters. The molecule has 3 aromatic rings. The fraction of sp³-hybridized carbons (Fsp3) is 0.375. The van der Waals surface area contributed by atoms with Gasteiger partial charge >= 0.3 is 6.09 Å². The van der Waals surface area contributed by atoms with Crippen LogP contribution in [0.2, 0.25) is 0 Å². The summed E-state index contributed by atoms with van der Waals surface area (Å²) in [6.45, 7) is 7.10. The van der Waals surface area contributed by atoms with Crippen LogP contribution in [0.25, 0.3) is 10.8 Å². The number of benzene rings is 3. The van der Waals surface area contributed by atoms with Gasteiger partial charge in [0.1, 0.15) is 28.4 Å². The van der Waals surface area contributed by atoms with E-state index in [4.69, 9.17) is 27.4 Å². The van der Waals surface area contributed by atoms with Crippen molar-refractivity contribution in [3.8, 4) is 5.75 Å². The SMILES string of the molecule is COc1ccc2cc(C(N)=S)ccc2c1CN1C(=O)[C@@H](NC(=O)[C@H](C)N(C)C(=O)OC(C)(C)C)CCc2ccccc21. The van der Waals surface area contributed by atoms with Gasteiger partial charge in [0.05, 0.1) is 13.7 Å². The van der Waals surface area contributed by atoms with E-state index in [1.165, 1.54) is 11.9 Å². The first-order chi connectivity index (χ1) is 19.8. The summed E-state index contributed by atoms with van der Waals surface area (Å²) in [5, 5.41) is 4.72. The fourth-order valence-electron chi connectivity index (χ4n) is 5.01. The van der Waals surface area contributed by atoms with Crippen LogP contribution >= 0.6 is 12.2 Å². The summed E-state index contributed by atoms with van der Waals surface area (Å²) < 4.78 is 11.1. The number of rotatable bonds is 7. The molecule has 3 N–H and O–H groups in total. The second-order valence-corrected chi connectivity index (χ2v) is 11.9. The summed E-state index contributed by atoms with van der Waals surface area (Å²) in [6, 6.07) is 15.6. The number of nitrogens with zero attached hydrogens (tertiary/aromatic N) is 2. The maximum Gasteiger partial charge on any atom is 0.410 e. The molecule has 0 bridgehead atoms.